The van der Waals surface area contributed by atoms with Gasteiger partial charge in [-0.1, -0.05) is 59.6 Å². The third-order valence-electron chi connectivity index (χ3n) is 5.10. The van der Waals surface area contributed by atoms with Gasteiger partial charge in [-0.3, -0.25) is 0 Å². The lowest BCUT2D eigenvalue weighted by Crippen LogP contribution is -2.03. The quantitative estimate of drug-likeness (QED) is 0.162. The minimum absolute atomic E-state index is 0.290. The molecule has 5 rings (SSSR count). The van der Waals surface area contributed by atoms with Crippen LogP contribution in [0.2, 0.25) is 10.0 Å². The fourth-order valence-corrected chi connectivity index (χ4v) is 4.62. The average Bonchev–Trinajstić information content (AvgIpc) is 3.31. The first kappa shape index (κ1) is 21.2. The Morgan fingerprint density at radius 2 is 1.94 bits per heavy atom. The van der Waals surface area contributed by atoms with Crippen LogP contribution in [0.3, 0.4) is 0 Å². The monoisotopic (exact) mass is 489 g/mol. The second-order valence-corrected chi connectivity index (χ2v) is 8.74. The van der Waals surface area contributed by atoms with Crippen molar-refractivity contribution in [1.82, 2.24) is 4.98 Å². The number of thiazole rings is 1. The average molecular weight is 490 g/mol. The van der Waals surface area contributed by atoms with E-state index in [-0.39, 0.29) is 5.57 Å². The van der Waals surface area contributed by atoms with Gasteiger partial charge in [0.2, 0.25) is 0 Å². The third-order valence-corrected chi connectivity index (χ3v) is 6.79. The van der Waals surface area contributed by atoms with Gasteiger partial charge < -0.3 is 9.73 Å². The van der Waals surface area contributed by atoms with E-state index in [2.05, 4.69) is 16.4 Å². The highest BCUT2D eigenvalue weighted by Crippen LogP contribution is 2.32. The Morgan fingerprint density at radius 1 is 1.09 bits per heavy atom. The van der Waals surface area contributed by atoms with Crippen LogP contribution in [0.15, 0.2) is 81.5 Å². The molecule has 0 unspecified atom stereocenters. The Bertz CT molecular complexity index is 1660. The predicted molar refractivity (Wildman–Crippen MR) is 135 cm³/mol. The van der Waals surface area contributed by atoms with E-state index in [1.54, 1.807) is 35.7 Å². The summed E-state index contributed by atoms with van der Waals surface area (Å²) in [6, 6.07) is 20.7. The van der Waals surface area contributed by atoms with Crippen LogP contribution in [-0.2, 0) is 0 Å². The minimum Gasteiger partial charge on any atom is -0.422 e. The van der Waals surface area contributed by atoms with Gasteiger partial charge in [0.1, 0.15) is 22.2 Å². The van der Waals surface area contributed by atoms with Crippen LogP contribution in [0.25, 0.3) is 38.6 Å². The SMILES string of the molecule is N#C/C(=C/Nc1cccc(Cl)c1Cl)c1nc(-c2cc3c(ccc4ccccc43)oc2=O)cs1. The third kappa shape index (κ3) is 3.98. The van der Waals surface area contributed by atoms with Crippen LogP contribution in [0.1, 0.15) is 5.01 Å². The van der Waals surface area contributed by atoms with Crippen molar-refractivity contribution in [1.29, 1.82) is 5.26 Å². The molecule has 8 heteroatoms. The Labute approximate surface area is 202 Å². The van der Waals surface area contributed by atoms with E-state index in [4.69, 9.17) is 27.6 Å². The number of anilines is 1. The van der Waals surface area contributed by atoms with Crippen LogP contribution < -0.4 is 10.9 Å². The smallest absolute Gasteiger partial charge is 0.345 e. The molecule has 0 spiro atoms. The van der Waals surface area contributed by atoms with Gasteiger partial charge in [-0.25, -0.2) is 9.78 Å². The highest BCUT2D eigenvalue weighted by molar-refractivity contribution is 7.11. The molecule has 2 aromatic heterocycles. The molecule has 5 aromatic rings. The molecule has 33 heavy (non-hydrogen) atoms. The molecule has 0 bridgehead atoms. The Kier molecular flexibility index (Phi) is 5.61. The number of fused-ring (bicyclic) bond motifs is 3. The van der Waals surface area contributed by atoms with Gasteiger partial charge in [-0.2, -0.15) is 5.26 Å². The maximum absolute atomic E-state index is 12.7. The summed E-state index contributed by atoms with van der Waals surface area (Å²) in [5.41, 5.74) is 1.66. The summed E-state index contributed by atoms with van der Waals surface area (Å²) in [4.78, 5) is 17.2. The zero-order valence-electron chi connectivity index (χ0n) is 16.8. The van der Waals surface area contributed by atoms with Crippen molar-refractivity contribution in [2.24, 2.45) is 0 Å². The van der Waals surface area contributed by atoms with Crippen LogP contribution in [0, 0.1) is 11.3 Å². The molecule has 3 aromatic carbocycles. The molecule has 0 aliphatic heterocycles. The van der Waals surface area contributed by atoms with Crippen molar-refractivity contribution >= 4 is 67.5 Å². The van der Waals surface area contributed by atoms with Gasteiger partial charge in [0, 0.05) is 17.0 Å². The minimum atomic E-state index is -0.485. The van der Waals surface area contributed by atoms with E-state index < -0.39 is 5.63 Å². The van der Waals surface area contributed by atoms with Gasteiger partial charge in [0.05, 0.1) is 27.0 Å². The van der Waals surface area contributed by atoms with Gasteiger partial charge in [-0.05, 0) is 35.0 Å². The molecule has 2 heterocycles. The number of nitrogens with zero attached hydrogens (tertiary/aromatic N) is 2. The summed E-state index contributed by atoms with van der Waals surface area (Å²) >= 11 is 13.5. The molecular formula is C25H13Cl2N3O2S. The topological polar surface area (TPSA) is 78.9 Å². The second-order valence-electron chi connectivity index (χ2n) is 7.10. The maximum Gasteiger partial charge on any atom is 0.345 e. The lowest BCUT2D eigenvalue weighted by molar-refractivity contribution is 0.563. The largest absolute Gasteiger partial charge is 0.422 e. The number of hydrogen-bond donors (Lipinski definition) is 1. The normalized spacial score (nSPS) is 11.6. The van der Waals surface area contributed by atoms with Crippen molar-refractivity contribution in [3.63, 3.8) is 0 Å². The number of hydrogen-bond acceptors (Lipinski definition) is 6. The molecule has 0 amide bonds. The Balaban J connectivity index is 1.54. The standard InChI is InChI=1S/C25H13Cl2N3O2S/c26-19-6-3-7-20(23(19)27)29-12-15(11-28)24-30-21(13-33-24)18-10-17-16-5-2-1-4-14(16)8-9-22(17)32-25(18)31/h1-10,12-13,29H/b15-12-. The summed E-state index contributed by atoms with van der Waals surface area (Å²) in [6.45, 7) is 0. The lowest BCUT2D eigenvalue weighted by atomic mass is 10.0. The highest BCUT2D eigenvalue weighted by Gasteiger charge is 2.15. The van der Waals surface area contributed by atoms with E-state index in [9.17, 15) is 10.1 Å². The molecule has 0 saturated heterocycles. The number of halogens is 2. The van der Waals surface area contributed by atoms with Crippen molar-refractivity contribution in [2.45, 2.75) is 0 Å². The van der Waals surface area contributed by atoms with Gasteiger partial charge in [0.25, 0.3) is 0 Å². The zero-order valence-corrected chi connectivity index (χ0v) is 19.1. The molecular weight excluding hydrogens is 477 g/mol. The van der Waals surface area contributed by atoms with Crippen molar-refractivity contribution < 1.29 is 4.42 Å². The second kappa shape index (κ2) is 8.72. The summed E-state index contributed by atoms with van der Waals surface area (Å²) in [5, 5.41) is 18.4. The fourth-order valence-electron chi connectivity index (χ4n) is 3.48. The summed E-state index contributed by atoms with van der Waals surface area (Å²) in [6.07, 6.45) is 1.51. The number of aromatic nitrogens is 1. The molecule has 5 nitrogen and oxygen atoms in total. The lowest BCUT2D eigenvalue weighted by Gasteiger charge is -2.05. The Hall–Kier alpha value is -3.63. The van der Waals surface area contributed by atoms with Crippen LogP contribution in [0.5, 0.6) is 0 Å². The summed E-state index contributed by atoms with van der Waals surface area (Å²) < 4.78 is 5.57. The first-order chi connectivity index (χ1) is 16.0. The van der Waals surface area contributed by atoms with E-state index in [0.717, 1.165) is 16.2 Å². The van der Waals surface area contributed by atoms with E-state index in [0.29, 0.717) is 37.6 Å². The number of rotatable bonds is 4. The molecule has 0 atom stereocenters. The molecule has 0 aliphatic carbocycles. The number of allylic oxidation sites excluding steroid dienone is 1. The summed E-state index contributed by atoms with van der Waals surface area (Å²) in [5.74, 6) is 0. The van der Waals surface area contributed by atoms with Gasteiger partial charge in [0.15, 0.2) is 0 Å². The maximum atomic E-state index is 12.7. The first-order valence-corrected chi connectivity index (χ1v) is 11.4. The van der Waals surface area contributed by atoms with Crippen molar-refractivity contribution in [3.05, 3.63) is 97.7 Å². The molecule has 0 fully saturated rings. The van der Waals surface area contributed by atoms with Crippen LogP contribution in [-0.4, -0.2) is 4.98 Å². The number of nitriles is 1. The Morgan fingerprint density at radius 3 is 2.79 bits per heavy atom. The summed E-state index contributed by atoms with van der Waals surface area (Å²) in [7, 11) is 0. The van der Waals surface area contributed by atoms with E-state index in [1.807, 2.05) is 30.3 Å². The predicted octanol–water partition coefficient (Wildman–Crippen LogP) is 7.35. The molecule has 0 saturated carbocycles. The molecule has 1 N–H and O–H groups in total. The number of nitrogens with one attached hydrogen (secondary N) is 1. The molecule has 0 aliphatic rings. The number of benzene rings is 3. The van der Waals surface area contributed by atoms with Crippen LogP contribution >= 0.6 is 34.5 Å². The van der Waals surface area contributed by atoms with Crippen molar-refractivity contribution in [3.8, 4) is 17.3 Å². The van der Waals surface area contributed by atoms with Crippen LogP contribution in [0.4, 0.5) is 5.69 Å². The zero-order chi connectivity index (χ0) is 22.9. The molecule has 0 radical (unpaired) electrons. The fraction of sp³-hybridized carbons (Fsp3) is 0. The highest BCUT2D eigenvalue weighted by atomic mass is 35.5. The van der Waals surface area contributed by atoms with E-state index >= 15 is 0 Å². The van der Waals surface area contributed by atoms with Gasteiger partial charge in [-0.15, -0.1) is 11.3 Å². The van der Waals surface area contributed by atoms with E-state index in [1.165, 1.54) is 17.5 Å². The molecule has 160 valence electrons. The van der Waals surface area contributed by atoms with Crippen molar-refractivity contribution in [2.75, 3.05) is 5.32 Å². The first-order valence-electron chi connectivity index (χ1n) is 9.78. The van der Waals surface area contributed by atoms with Gasteiger partial charge >= 0.3 is 5.63 Å².